The third kappa shape index (κ3) is 4.04. The smallest absolute Gasteiger partial charge is 0.208 e. The lowest BCUT2D eigenvalue weighted by atomic mass is 9.95. The molecule has 2 atom stereocenters. The zero-order chi connectivity index (χ0) is 13.9. The maximum Gasteiger partial charge on any atom is 0.208 e. The SMILES string of the molecule is CCc1cnc(CNC2CCCC(S(C)(=O)=O)C2)o1. The molecule has 0 aromatic carbocycles. The van der Waals surface area contributed by atoms with E-state index in [1.807, 2.05) is 6.92 Å². The Bertz CT molecular complexity index is 510. The van der Waals surface area contributed by atoms with Gasteiger partial charge in [0.1, 0.15) is 15.6 Å². The molecule has 0 radical (unpaired) electrons. The minimum atomic E-state index is -2.92. The van der Waals surface area contributed by atoms with E-state index in [1.54, 1.807) is 6.20 Å². The van der Waals surface area contributed by atoms with Crippen molar-refractivity contribution >= 4 is 9.84 Å². The molecule has 19 heavy (non-hydrogen) atoms. The second kappa shape index (κ2) is 6.05. The van der Waals surface area contributed by atoms with E-state index in [4.69, 9.17) is 4.42 Å². The number of sulfone groups is 1. The van der Waals surface area contributed by atoms with Gasteiger partial charge in [0.25, 0.3) is 0 Å². The molecule has 6 heteroatoms. The van der Waals surface area contributed by atoms with Crippen molar-refractivity contribution < 1.29 is 12.8 Å². The number of nitrogens with one attached hydrogen (secondary N) is 1. The Morgan fingerprint density at radius 1 is 1.47 bits per heavy atom. The number of aryl methyl sites for hydroxylation is 1. The molecule has 1 saturated carbocycles. The van der Waals surface area contributed by atoms with Gasteiger partial charge in [0, 0.05) is 18.7 Å². The summed E-state index contributed by atoms with van der Waals surface area (Å²) in [6, 6.07) is 0.241. The number of oxazole rings is 1. The van der Waals surface area contributed by atoms with Gasteiger partial charge in [-0.25, -0.2) is 13.4 Å². The van der Waals surface area contributed by atoms with Crippen LogP contribution >= 0.6 is 0 Å². The lowest BCUT2D eigenvalue weighted by molar-refractivity contribution is 0.348. The minimum Gasteiger partial charge on any atom is -0.444 e. The molecule has 1 heterocycles. The summed E-state index contributed by atoms with van der Waals surface area (Å²) < 4.78 is 28.7. The Labute approximate surface area is 114 Å². The summed E-state index contributed by atoms with van der Waals surface area (Å²) in [7, 11) is -2.92. The van der Waals surface area contributed by atoms with Gasteiger partial charge in [0.2, 0.25) is 5.89 Å². The van der Waals surface area contributed by atoms with E-state index in [0.717, 1.165) is 31.4 Å². The van der Waals surface area contributed by atoms with E-state index in [2.05, 4.69) is 10.3 Å². The summed E-state index contributed by atoms with van der Waals surface area (Å²) >= 11 is 0. The molecular weight excluding hydrogens is 264 g/mol. The number of hydrogen-bond acceptors (Lipinski definition) is 5. The van der Waals surface area contributed by atoms with E-state index in [0.29, 0.717) is 18.9 Å². The van der Waals surface area contributed by atoms with E-state index in [1.165, 1.54) is 6.26 Å². The Morgan fingerprint density at radius 3 is 2.89 bits per heavy atom. The van der Waals surface area contributed by atoms with Gasteiger partial charge in [-0.15, -0.1) is 0 Å². The Kier molecular flexibility index (Phi) is 4.62. The summed E-state index contributed by atoms with van der Waals surface area (Å²) in [5, 5.41) is 3.16. The number of nitrogens with zero attached hydrogens (tertiary/aromatic N) is 1. The van der Waals surface area contributed by atoms with Crippen molar-refractivity contribution in [3.8, 4) is 0 Å². The predicted octanol–water partition coefficient (Wildman–Crippen LogP) is 1.68. The van der Waals surface area contributed by atoms with Crippen LogP contribution in [0.15, 0.2) is 10.6 Å². The van der Waals surface area contributed by atoms with Crippen LogP contribution in [0.5, 0.6) is 0 Å². The van der Waals surface area contributed by atoms with Crippen molar-refractivity contribution in [2.24, 2.45) is 0 Å². The van der Waals surface area contributed by atoms with Crippen LogP contribution in [0.4, 0.5) is 0 Å². The molecule has 1 N–H and O–H groups in total. The van der Waals surface area contributed by atoms with Crippen LogP contribution in [0.25, 0.3) is 0 Å². The summed E-state index contributed by atoms with van der Waals surface area (Å²) in [5.74, 6) is 1.56. The molecule has 0 aliphatic heterocycles. The van der Waals surface area contributed by atoms with E-state index < -0.39 is 9.84 Å². The molecule has 0 saturated heterocycles. The zero-order valence-electron chi connectivity index (χ0n) is 11.6. The fraction of sp³-hybridized carbons (Fsp3) is 0.769. The molecule has 5 nitrogen and oxygen atoms in total. The summed E-state index contributed by atoms with van der Waals surface area (Å²) in [6.07, 6.45) is 7.39. The maximum atomic E-state index is 11.6. The highest BCUT2D eigenvalue weighted by Gasteiger charge is 2.28. The topological polar surface area (TPSA) is 72.2 Å². The Hall–Kier alpha value is -0.880. The maximum absolute atomic E-state index is 11.6. The number of rotatable bonds is 5. The normalized spacial score (nSPS) is 24.5. The summed E-state index contributed by atoms with van der Waals surface area (Å²) in [4.78, 5) is 4.19. The van der Waals surface area contributed by atoms with E-state index in [-0.39, 0.29) is 11.3 Å². The van der Waals surface area contributed by atoms with Gasteiger partial charge >= 0.3 is 0 Å². The van der Waals surface area contributed by atoms with Crippen molar-refractivity contribution in [2.75, 3.05) is 6.26 Å². The molecular formula is C13H22N2O3S. The number of hydrogen-bond donors (Lipinski definition) is 1. The molecule has 2 unspecified atom stereocenters. The molecule has 1 aromatic rings. The molecule has 1 aliphatic rings. The lowest BCUT2D eigenvalue weighted by Crippen LogP contribution is -2.38. The highest BCUT2D eigenvalue weighted by atomic mass is 32.2. The number of aromatic nitrogens is 1. The van der Waals surface area contributed by atoms with Gasteiger partial charge in [0.15, 0.2) is 0 Å². The molecule has 2 rings (SSSR count). The van der Waals surface area contributed by atoms with Crippen LogP contribution in [0, 0.1) is 0 Å². The molecule has 1 aliphatic carbocycles. The quantitative estimate of drug-likeness (QED) is 0.891. The van der Waals surface area contributed by atoms with Crippen molar-refractivity contribution in [2.45, 2.75) is 56.9 Å². The van der Waals surface area contributed by atoms with Gasteiger partial charge < -0.3 is 9.73 Å². The van der Waals surface area contributed by atoms with Crippen molar-refractivity contribution in [3.05, 3.63) is 17.8 Å². The lowest BCUT2D eigenvalue weighted by Gasteiger charge is -2.28. The first-order chi connectivity index (χ1) is 8.99. The van der Waals surface area contributed by atoms with Gasteiger partial charge in [-0.05, 0) is 19.3 Å². The van der Waals surface area contributed by atoms with E-state index >= 15 is 0 Å². The highest BCUT2D eigenvalue weighted by molar-refractivity contribution is 7.91. The second-order valence-corrected chi connectivity index (χ2v) is 7.60. The van der Waals surface area contributed by atoms with Gasteiger partial charge in [0.05, 0.1) is 18.0 Å². The van der Waals surface area contributed by atoms with Crippen LogP contribution in [-0.4, -0.2) is 30.9 Å². The fourth-order valence-corrected chi connectivity index (χ4v) is 3.72. The second-order valence-electron chi connectivity index (χ2n) is 5.27. The molecule has 0 bridgehead atoms. The first kappa shape index (κ1) is 14.5. The standard InChI is InChI=1S/C13H22N2O3S/c1-3-11-8-15-13(18-11)9-14-10-5-4-6-12(7-10)19(2,16)17/h8,10,12,14H,3-7,9H2,1-2H3. The van der Waals surface area contributed by atoms with Crippen LogP contribution in [0.2, 0.25) is 0 Å². The molecule has 1 aromatic heterocycles. The first-order valence-electron chi connectivity index (χ1n) is 6.85. The van der Waals surface area contributed by atoms with Crippen LogP contribution in [0.3, 0.4) is 0 Å². The van der Waals surface area contributed by atoms with Gasteiger partial charge in [-0.1, -0.05) is 13.3 Å². The Morgan fingerprint density at radius 2 is 2.26 bits per heavy atom. The summed E-state index contributed by atoms with van der Waals surface area (Å²) in [6.45, 7) is 2.59. The molecule has 1 fully saturated rings. The fourth-order valence-electron chi connectivity index (χ4n) is 2.54. The summed E-state index contributed by atoms with van der Waals surface area (Å²) in [5.41, 5.74) is 0. The largest absolute Gasteiger partial charge is 0.444 e. The third-order valence-electron chi connectivity index (χ3n) is 3.72. The molecule has 0 spiro atoms. The van der Waals surface area contributed by atoms with Crippen LogP contribution in [0.1, 0.15) is 44.3 Å². The first-order valence-corrected chi connectivity index (χ1v) is 8.80. The van der Waals surface area contributed by atoms with Crippen molar-refractivity contribution in [1.82, 2.24) is 10.3 Å². The van der Waals surface area contributed by atoms with Crippen molar-refractivity contribution in [3.63, 3.8) is 0 Å². The van der Waals surface area contributed by atoms with Gasteiger partial charge in [-0.2, -0.15) is 0 Å². The third-order valence-corrected chi connectivity index (χ3v) is 5.36. The van der Waals surface area contributed by atoms with Crippen LogP contribution in [-0.2, 0) is 22.8 Å². The average Bonchev–Trinajstić information content (AvgIpc) is 2.84. The van der Waals surface area contributed by atoms with Crippen LogP contribution < -0.4 is 5.32 Å². The average molecular weight is 286 g/mol. The van der Waals surface area contributed by atoms with Crippen molar-refractivity contribution in [1.29, 1.82) is 0 Å². The highest BCUT2D eigenvalue weighted by Crippen LogP contribution is 2.24. The zero-order valence-corrected chi connectivity index (χ0v) is 12.4. The molecule has 108 valence electrons. The predicted molar refractivity (Wildman–Crippen MR) is 73.6 cm³/mol. The molecule has 0 amide bonds. The van der Waals surface area contributed by atoms with Gasteiger partial charge in [-0.3, -0.25) is 0 Å². The Balaban J connectivity index is 1.86. The minimum absolute atomic E-state index is 0.200. The van der Waals surface area contributed by atoms with E-state index in [9.17, 15) is 8.42 Å². The monoisotopic (exact) mass is 286 g/mol.